The first-order chi connectivity index (χ1) is 13.1. The van der Waals surface area contributed by atoms with Crippen molar-refractivity contribution in [2.45, 2.75) is 24.9 Å². The first-order valence-corrected chi connectivity index (χ1v) is 9.70. The molecule has 0 spiro atoms. The monoisotopic (exact) mass is 365 g/mol. The number of nitrogens with zero attached hydrogens (tertiary/aromatic N) is 1. The Morgan fingerprint density at radius 3 is 2.30 bits per heavy atom. The van der Waals surface area contributed by atoms with Gasteiger partial charge in [0.25, 0.3) is 0 Å². The van der Waals surface area contributed by atoms with Crippen molar-refractivity contribution in [3.8, 4) is 5.75 Å². The number of hydrogen-bond acceptors (Lipinski definition) is 4. The summed E-state index contributed by atoms with van der Waals surface area (Å²) in [6.07, 6.45) is 3.09. The molecular weight excluding hydrogens is 338 g/mol. The topological polar surface area (TPSA) is 49.8 Å². The van der Waals surface area contributed by atoms with Crippen LogP contribution in [0, 0.1) is 11.8 Å². The smallest absolute Gasteiger partial charge is 0.176 e. The predicted molar refractivity (Wildman–Crippen MR) is 105 cm³/mol. The van der Waals surface area contributed by atoms with Crippen LogP contribution in [0.3, 0.4) is 0 Å². The Balaban J connectivity index is 1.36. The second-order valence-corrected chi connectivity index (χ2v) is 8.14. The van der Waals surface area contributed by atoms with Crippen molar-refractivity contribution in [1.82, 2.24) is 4.90 Å². The van der Waals surface area contributed by atoms with Gasteiger partial charge in [-0.05, 0) is 54.5 Å². The van der Waals surface area contributed by atoms with Gasteiger partial charge < -0.3 is 9.84 Å². The van der Waals surface area contributed by atoms with Crippen LogP contribution >= 0.6 is 0 Å². The Morgan fingerprint density at radius 2 is 1.70 bits per heavy atom. The second kappa shape index (κ2) is 7.45. The number of ketones is 1. The fraction of sp³-hybridized carbons (Fsp3) is 0.435. The van der Waals surface area contributed by atoms with E-state index in [4.69, 9.17) is 4.74 Å². The number of phenolic OH excluding ortho intramolecular Hbond substituents is 1. The summed E-state index contributed by atoms with van der Waals surface area (Å²) in [4.78, 5) is 14.8. The van der Waals surface area contributed by atoms with Gasteiger partial charge in [-0.15, -0.1) is 0 Å². The lowest BCUT2D eigenvalue weighted by Gasteiger charge is -2.30. The van der Waals surface area contributed by atoms with Crippen LogP contribution in [-0.4, -0.2) is 48.1 Å². The highest BCUT2D eigenvalue weighted by atomic mass is 16.5. The number of aromatic hydroxyl groups is 1. The fourth-order valence-electron chi connectivity index (χ4n) is 4.96. The van der Waals surface area contributed by atoms with Crippen molar-refractivity contribution in [3.05, 3.63) is 65.7 Å². The predicted octanol–water partition coefficient (Wildman–Crippen LogP) is 3.54. The van der Waals surface area contributed by atoms with Crippen molar-refractivity contribution < 1.29 is 14.6 Å². The molecule has 1 unspecified atom stereocenters. The van der Waals surface area contributed by atoms with Gasteiger partial charge >= 0.3 is 0 Å². The van der Waals surface area contributed by atoms with Crippen LogP contribution < -0.4 is 0 Å². The molecule has 4 rings (SSSR count). The Morgan fingerprint density at radius 1 is 1.07 bits per heavy atom. The SMILES string of the molecule is COC1(Cc2ccccc2)C[C@H]2CN(CC(=O)c3ccc(O)cc3)C[C@H]2C1. The summed E-state index contributed by atoms with van der Waals surface area (Å²) in [5, 5.41) is 9.38. The molecule has 2 aliphatic rings. The second-order valence-electron chi connectivity index (χ2n) is 8.14. The molecule has 0 radical (unpaired) electrons. The minimum absolute atomic E-state index is 0.0657. The van der Waals surface area contributed by atoms with E-state index in [0.29, 0.717) is 23.9 Å². The summed E-state index contributed by atoms with van der Waals surface area (Å²) in [5.74, 6) is 1.51. The molecule has 4 heteroatoms. The van der Waals surface area contributed by atoms with Gasteiger partial charge in [0.2, 0.25) is 0 Å². The maximum atomic E-state index is 12.5. The fourth-order valence-corrected chi connectivity index (χ4v) is 4.96. The molecule has 2 aromatic rings. The summed E-state index contributed by atoms with van der Waals surface area (Å²) in [6.45, 7) is 2.39. The number of carbonyl (C=O) groups excluding carboxylic acids is 1. The van der Waals surface area contributed by atoms with Crippen LogP contribution in [0.25, 0.3) is 0 Å². The number of ether oxygens (including phenoxy) is 1. The summed E-state index contributed by atoms with van der Waals surface area (Å²) in [7, 11) is 1.84. The average molecular weight is 365 g/mol. The maximum absolute atomic E-state index is 12.5. The number of likely N-dealkylation sites (tertiary alicyclic amines) is 1. The van der Waals surface area contributed by atoms with E-state index in [0.717, 1.165) is 32.4 Å². The number of fused-ring (bicyclic) bond motifs is 1. The Labute approximate surface area is 160 Å². The number of phenols is 1. The highest BCUT2D eigenvalue weighted by Gasteiger charge is 2.49. The minimum atomic E-state index is -0.0657. The van der Waals surface area contributed by atoms with Crippen molar-refractivity contribution in [3.63, 3.8) is 0 Å². The van der Waals surface area contributed by atoms with E-state index in [1.54, 1.807) is 24.3 Å². The van der Waals surface area contributed by atoms with E-state index in [1.165, 1.54) is 5.56 Å². The molecule has 0 amide bonds. The molecule has 0 aromatic heterocycles. The van der Waals surface area contributed by atoms with Crippen LogP contribution in [0.15, 0.2) is 54.6 Å². The van der Waals surface area contributed by atoms with E-state index in [-0.39, 0.29) is 17.1 Å². The zero-order chi connectivity index (χ0) is 18.9. The van der Waals surface area contributed by atoms with E-state index in [9.17, 15) is 9.90 Å². The zero-order valence-corrected chi connectivity index (χ0v) is 15.8. The lowest BCUT2D eigenvalue weighted by molar-refractivity contribution is -0.0129. The summed E-state index contributed by atoms with van der Waals surface area (Å²) in [6, 6.07) is 17.1. The van der Waals surface area contributed by atoms with Gasteiger partial charge in [0.05, 0.1) is 12.1 Å². The Hall–Kier alpha value is -2.17. The molecule has 3 atom stereocenters. The molecule has 0 bridgehead atoms. The Bertz CT molecular complexity index is 773. The molecule has 2 fully saturated rings. The number of Topliss-reactive ketones (excluding diaryl/α,β-unsaturated/α-hetero) is 1. The average Bonchev–Trinajstić information content (AvgIpc) is 3.18. The number of benzene rings is 2. The third kappa shape index (κ3) is 3.92. The quantitative estimate of drug-likeness (QED) is 0.796. The maximum Gasteiger partial charge on any atom is 0.176 e. The molecule has 1 aliphatic carbocycles. The number of rotatable bonds is 6. The van der Waals surface area contributed by atoms with Crippen LogP contribution in [0.5, 0.6) is 5.75 Å². The molecule has 142 valence electrons. The molecule has 1 saturated carbocycles. The molecule has 4 nitrogen and oxygen atoms in total. The van der Waals surface area contributed by atoms with Gasteiger partial charge in [-0.25, -0.2) is 0 Å². The third-order valence-corrected chi connectivity index (χ3v) is 6.28. The lowest BCUT2D eigenvalue weighted by Crippen LogP contribution is -2.35. The van der Waals surface area contributed by atoms with E-state index < -0.39 is 0 Å². The van der Waals surface area contributed by atoms with Crippen molar-refractivity contribution >= 4 is 5.78 Å². The van der Waals surface area contributed by atoms with Crippen LogP contribution in [0.1, 0.15) is 28.8 Å². The van der Waals surface area contributed by atoms with Crippen molar-refractivity contribution in [2.75, 3.05) is 26.7 Å². The summed E-state index contributed by atoms with van der Waals surface area (Å²) in [5.41, 5.74) is 1.93. The first-order valence-electron chi connectivity index (χ1n) is 9.70. The summed E-state index contributed by atoms with van der Waals surface area (Å²) < 4.78 is 6.03. The normalized spacial score (nSPS) is 27.6. The molecule has 27 heavy (non-hydrogen) atoms. The van der Waals surface area contributed by atoms with Gasteiger partial charge in [-0.2, -0.15) is 0 Å². The van der Waals surface area contributed by atoms with Gasteiger partial charge in [-0.3, -0.25) is 9.69 Å². The lowest BCUT2D eigenvalue weighted by atomic mass is 9.91. The zero-order valence-electron chi connectivity index (χ0n) is 15.8. The third-order valence-electron chi connectivity index (χ3n) is 6.28. The van der Waals surface area contributed by atoms with Crippen LogP contribution in [-0.2, 0) is 11.2 Å². The highest BCUT2D eigenvalue weighted by molar-refractivity contribution is 5.97. The first kappa shape index (κ1) is 18.2. The van der Waals surface area contributed by atoms with E-state index >= 15 is 0 Å². The number of methoxy groups -OCH3 is 1. The van der Waals surface area contributed by atoms with Crippen LogP contribution in [0.4, 0.5) is 0 Å². The molecule has 1 N–H and O–H groups in total. The highest BCUT2D eigenvalue weighted by Crippen LogP contribution is 2.47. The number of hydrogen-bond donors (Lipinski definition) is 1. The largest absolute Gasteiger partial charge is 0.508 e. The Kier molecular flexibility index (Phi) is 5.02. The van der Waals surface area contributed by atoms with Gasteiger partial charge in [-0.1, -0.05) is 30.3 Å². The molecular formula is C23H27NO3. The molecule has 1 saturated heterocycles. The minimum Gasteiger partial charge on any atom is -0.508 e. The van der Waals surface area contributed by atoms with E-state index in [2.05, 4.69) is 35.2 Å². The van der Waals surface area contributed by atoms with Gasteiger partial charge in [0, 0.05) is 32.2 Å². The van der Waals surface area contributed by atoms with Gasteiger partial charge in [0.1, 0.15) is 5.75 Å². The van der Waals surface area contributed by atoms with E-state index in [1.807, 2.05) is 7.11 Å². The standard InChI is InChI=1S/C23H27NO3/c1-27-23(11-17-5-3-2-4-6-17)12-19-14-24(15-20(19)13-23)16-22(26)18-7-9-21(25)10-8-18/h2-10,19-20,25H,11-16H2,1H3/t19-,20+,23?. The molecule has 1 heterocycles. The van der Waals surface area contributed by atoms with Gasteiger partial charge in [0.15, 0.2) is 5.78 Å². The van der Waals surface area contributed by atoms with Crippen molar-refractivity contribution in [1.29, 1.82) is 0 Å². The summed E-state index contributed by atoms with van der Waals surface area (Å²) >= 11 is 0. The number of carbonyl (C=O) groups is 1. The van der Waals surface area contributed by atoms with Crippen molar-refractivity contribution in [2.24, 2.45) is 11.8 Å². The molecule has 2 aromatic carbocycles. The van der Waals surface area contributed by atoms with Crippen LogP contribution in [0.2, 0.25) is 0 Å². The molecule has 1 aliphatic heterocycles.